The van der Waals surface area contributed by atoms with E-state index in [1.165, 1.54) is 10.9 Å². The lowest BCUT2D eigenvalue weighted by Gasteiger charge is -2.18. The number of carboxylic acids is 3. The van der Waals surface area contributed by atoms with Crippen molar-refractivity contribution in [1.29, 1.82) is 0 Å². The third kappa shape index (κ3) is 9.38. The molecule has 1 heterocycles. The number of methoxy groups -OCH3 is 1. The lowest BCUT2D eigenvalue weighted by molar-refractivity contribution is -0.170. The molecular weight excluding hydrogens is 458 g/mol. The van der Waals surface area contributed by atoms with E-state index in [1.54, 1.807) is 7.11 Å². The van der Waals surface area contributed by atoms with E-state index in [2.05, 4.69) is 54.2 Å². The van der Waals surface area contributed by atoms with Crippen LogP contribution in [0.15, 0.2) is 24.3 Å². The number of aliphatic carboxylic acids is 3. The highest BCUT2D eigenvalue weighted by Gasteiger charge is 2.40. The van der Waals surface area contributed by atoms with Crippen LogP contribution in [-0.4, -0.2) is 87.1 Å². The van der Waals surface area contributed by atoms with Crippen LogP contribution in [0.4, 0.5) is 5.69 Å². The number of aliphatic hydroxyl groups is 1. The van der Waals surface area contributed by atoms with Gasteiger partial charge in [0.25, 0.3) is 0 Å². The Bertz CT molecular complexity index is 992. The van der Waals surface area contributed by atoms with Crippen molar-refractivity contribution in [2.75, 3.05) is 38.6 Å². The molecule has 5 N–H and O–H groups in total. The van der Waals surface area contributed by atoms with Crippen LogP contribution in [0.5, 0.6) is 5.88 Å². The van der Waals surface area contributed by atoms with E-state index < -0.39 is 36.4 Å². The molecule has 0 bridgehead atoms. The van der Waals surface area contributed by atoms with Gasteiger partial charge in [-0.1, -0.05) is 26.0 Å². The molecule has 11 heteroatoms. The minimum atomic E-state index is -2.74. The number of ether oxygens (including phenoxy) is 1. The van der Waals surface area contributed by atoms with Crippen LogP contribution >= 0.6 is 0 Å². The molecular formula is C24H35N3O8. The molecule has 0 saturated carbocycles. The van der Waals surface area contributed by atoms with Crippen LogP contribution in [0.2, 0.25) is 0 Å². The largest absolute Gasteiger partial charge is 0.481 e. The van der Waals surface area contributed by atoms with Gasteiger partial charge in [-0.3, -0.25) is 9.59 Å². The number of para-hydroxylation sites is 1. The second kappa shape index (κ2) is 14.1. The van der Waals surface area contributed by atoms with E-state index in [0.717, 1.165) is 43.8 Å². The maximum absolute atomic E-state index is 10.3. The van der Waals surface area contributed by atoms with Gasteiger partial charge in [0.1, 0.15) is 0 Å². The first-order chi connectivity index (χ1) is 16.5. The van der Waals surface area contributed by atoms with Gasteiger partial charge < -0.3 is 35.4 Å². The number of nitrogens with one attached hydrogen (secondary N) is 1. The van der Waals surface area contributed by atoms with Crippen LogP contribution < -0.4 is 10.1 Å². The standard InChI is InChI=1S/C18H27N3O.C6H8O7/c1-5-21(6-2)12-8-11-19-16-10-7-9-15-14(3)13-17(22-4)20-18(15)16;7-3(8)1-6(13,5(11)12)2-4(9)10/h7,9-10,13,19H,5-6,8,11-12H2,1-4H3;13H,1-2H2,(H,7,8)(H,9,10)(H,11,12). The van der Waals surface area contributed by atoms with Crippen molar-refractivity contribution in [2.45, 2.75) is 45.6 Å². The molecule has 35 heavy (non-hydrogen) atoms. The Labute approximate surface area is 204 Å². The summed E-state index contributed by atoms with van der Waals surface area (Å²) in [4.78, 5) is 37.5. The van der Waals surface area contributed by atoms with E-state index in [4.69, 9.17) is 25.2 Å². The lowest BCUT2D eigenvalue weighted by Crippen LogP contribution is -2.42. The average molecular weight is 494 g/mol. The minimum absolute atomic E-state index is 0.669. The first-order valence-corrected chi connectivity index (χ1v) is 11.3. The summed E-state index contributed by atoms with van der Waals surface area (Å²) in [6.07, 6.45) is -1.16. The van der Waals surface area contributed by atoms with Crippen LogP contribution in [0.25, 0.3) is 10.9 Å². The number of benzene rings is 1. The fraction of sp³-hybridized carbons (Fsp3) is 0.500. The number of pyridine rings is 1. The summed E-state index contributed by atoms with van der Waals surface area (Å²) in [5.41, 5.74) is 0.521. The van der Waals surface area contributed by atoms with Gasteiger partial charge in [0, 0.05) is 18.0 Å². The molecule has 0 aliphatic carbocycles. The van der Waals surface area contributed by atoms with Crippen molar-refractivity contribution in [2.24, 2.45) is 0 Å². The Balaban J connectivity index is 0.000000405. The fourth-order valence-corrected chi connectivity index (χ4v) is 3.41. The second-order valence-corrected chi connectivity index (χ2v) is 7.97. The Morgan fingerprint density at radius 1 is 1.09 bits per heavy atom. The van der Waals surface area contributed by atoms with E-state index in [0.29, 0.717) is 5.88 Å². The van der Waals surface area contributed by atoms with Gasteiger partial charge in [-0.05, 0) is 44.6 Å². The number of hydrogen-bond acceptors (Lipinski definition) is 8. The van der Waals surface area contributed by atoms with Crippen LogP contribution in [0, 0.1) is 6.92 Å². The van der Waals surface area contributed by atoms with Crippen molar-refractivity contribution in [3.63, 3.8) is 0 Å². The molecule has 0 aliphatic rings. The van der Waals surface area contributed by atoms with Crippen molar-refractivity contribution in [3.8, 4) is 5.88 Å². The van der Waals surface area contributed by atoms with Crippen molar-refractivity contribution in [1.82, 2.24) is 9.88 Å². The summed E-state index contributed by atoms with van der Waals surface area (Å²) in [6, 6.07) is 8.26. The summed E-state index contributed by atoms with van der Waals surface area (Å²) >= 11 is 0. The van der Waals surface area contributed by atoms with Gasteiger partial charge >= 0.3 is 17.9 Å². The molecule has 0 spiro atoms. The fourth-order valence-electron chi connectivity index (χ4n) is 3.41. The SMILES string of the molecule is CCN(CC)CCCNc1cccc2c(C)cc(OC)nc12.O=C(O)CC(O)(CC(=O)O)C(=O)O. The molecule has 0 aliphatic heterocycles. The van der Waals surface area contributed by atoms with Gasteiger partial charge in [0.2, 0.25) is 5.88 Å². The van der Waals surface area contributed by atoms with E-state index in [1.807, 2.05) is 6.07 Å². The number of anilines is 1. The van der Waals surface area contributed by atoms with Crippen molar-refractivity contribution >= 4 is 34.5 Å². The highest BCUT2D eigenvalue weighted by atomic mass is 16.5. The van der Waals surface area contributed by atoms with E-state index >= 15 is 0 Å². The molecule has 11 nitrogen and oxygen atoms in total. The number of carbonyl (C=O) groups is 3. The third-order valence-electron chi connectivity index (χ3n) is 5.38. The number of carboxylic acid groups (broad SMARTS) is 3. The number of aryl methyl sites for hydroxylation is 1. The number of hydrogen-bond donors (Lipinski definition) is 5. The molecule has 194 valence electrons. The zero-order valence-corrected chi connectivity index (χ0v) is 20.6. The number of fused-ring (bicyclic) bond motifs is 1. The lowest BCUT2D eigenvalue weighted by atomic mass is 9.96. The highest BCUT2D eigenvalue weighted by Crippen LogP contribution is 2.27. The molecule has 0 radical (unpaired) electrons. The van der Waals surface area contributed by atoms with Crippen molar-refractivity contribution in [3.05, 3.63) is 29.8 Å². The quantitative estimate of drug-likeness (QED) is 0.260. The normalized spacial score (nSPS) is 11.0. The smallest absolute Gasteiger partial charge is 0.336 e. The summed E-state index contributed by atoms with van der Waals surface area (Å²) < 4.78 is 5.30. The Kier molecular flexibility index (Phi) is 11.9. The summed E-state index contributed by atoms with van der Waals surface area (Å²) in [7, 11) is 1.66. The molecule has 1 aromatic heterocycles. The summed E-state index contributed by atoms with van der Waals surface area (Å²) in [6.45, 7) is 10.8. The van der Waals surface area contributed by atoms with Gasteiger partial charge in [-0.25, -0.2) is 9.78 Å². The van der Waals surface area contributed by atoms with Crippen LogP contribution in [0.3, 0.4) is 0 Å². The molecule has 0 fully saturated rings. The second-order valence-electron chi connectivity index (χ2n) is 7.97. The highest BCUT2D eigenvalue weighted by molar-refractivity contribution is 5.93. The van der Waals surface area contributed by atoms with Crippen LogP contribution in [-0.2, 0) is 14.4 Å². The third-order valence-corrected chi connectivity index (χ3v) is 5.38. The van der Waals surface area contributed by atoms with Crippen molar-refractivity contribution < 1.29 is 39.5 Å². The van der Waals surface area contributed by atoms with E-state index in [-0.39, 0.29) is 0 Å². The molecule has 0 saturated heterocycles. The zero-order valence-electron chi connectivity index (χ0n) is 20.6. The van der Waals surface area contributed by atoms with Gasteiger partial charge in [-0.15, -0.1) is 0 Å². The topological polar surface area (TPSA) is 170 Å². The maximum Gasteiger partial charge on any atom is 0.336 e. The summed E-state index contributed by atoms with van der Waals surface area (Å²) in [5.74, 6) is -4.35. The summed E-state index contributed by atoms with van der Waals surface area (Å²) in [5, 5.41) is 38.5. The number of nitrogens with zero attached hydrogens (tertiary/aromatic N) is 2. The number of rotatable bonds is 13. The maximum atomic E-state index is 10.3. The monoisotopic (exact) mass is 493 g/mol. The van der Waals surface area contributed by atoms with Gasteiger partial charge in [0.05, 0.1) is 31.2 Å². The average Bonchev–Trinajstić information content (AvgIpc) is 2.78. The van der Waals surface area contributed by atoms with Gasteiger partial charge in [-0.2, -0.15) is 0 Å². The Morgan fingerprint density at radius 3 is 2.17 bits per heavy atom. The Hall–Kier alpha value is -3.44. The minimum Gasteiger partial charge on any atom is -0.481 e. The molecule has 0 amide bonds. The predicted molar refractivity (Wildman–Crippen MR) is 131 cm³/mol. The van der Waals surface area contributed by atoms with Crippen LogP contribution in [0.1, 0.15) is 38.7 Å². The Morgan fingerprint density at radius 2 is 1.69 bits per heavy atom. The molecule has 1 aromatic carbocycles. The molecule has 0 unspecified atom stereocenters. The molecule has 0 atom stereocenters. The molecule has 2 rings (SSSR count). The zero-order chi connectivity index (χ0) is 26.6. The first-order valence-electron chi connectivity index (χ1n) is 11.3. The van der Waals surface area contributed by atoms with E-state index in [9.17, 15) is 14.4 Å². The molecule has 2 aromatic rings. The van der Waals surface area contributed by atoms with Gasteiger partial charge in [0.15, 0.2) is 5.60 Å². The first kappa shape index (κ1) is 29.6. The number of aromatic nitrogens is 1. The predicted octanol–water partition coefficient (Wildman–Crippen LogP) is 2.45.